The van der Waals surface area contributed by atoms with Crippen molar-refractivity contribution in [2.45, 2.75) is 39.5 Å². The van der Waals surface area contributed by atoms with Gasteiger partial charge in [0.25, 0.3) is 0 Å². The van der Waals surface area contributed by atoms with Crippen LogP contribution < -0.4 is 0 Å². The Labute approximate surface area is 118 Å². The van der Waals surface area contributed by atoms with E-state index in [0.29, 0.717) is 11.0 Å². The highest BCUT2D eigenvalue weighted by molar-refractivity contribution is 6.29. The van der Waals surface area contributed by atoms with Gasteiger partial charge in [-0.15, -0.1) is 0 Å². The molecule has 0 radical (unpaired) electrons. The van der Waals surface area contributed by atoms with Crippen molar-refractivity contribution in [2.24, 2.45) is 7.05 Å². The summed E-state index contributed by atoms with van der Waals surface area (Å²) in [6, 6.07) is 1.80. The molecule has 0 saturated heterocycles. The molecule has 4 nitrogen and oxygen atoms in total. The second-order valence-corrected chi connectivity index (χ2v) is 6.06. The third-order valence-electron chi connectivity index (χ3n) is 2.89. The van der Waals surface area contributed by atoms with Crippen molar-refractivity contribution < 1.29 is 0 Å². The molecule has 0 aromatic carbocycles. The Morgan fingerprint density at radius 2 is 1.95 bits per heavy atom. The van der Waals surface area contributed by atoms with Crippen LogP contribution in [0.5, 0.6) is 0 Å². The lowest BCUT2D eigenvalue weighted by atomic mass is 9.89. The molecule has 0 aliphatic rings. The number of aromatic nitrogens is 4. The van der Waals surface area contributed by atoms with Gasteiger partial charge in [0, 0.05) is 24.4 Å². The first kappa shape index (κ1) is 14.0. The minimum Gasteiger partial charge on any atom is -0.275 e. The highest BCUT2D eigenvalue weighted by Gasteiger charge is 2.24. The number of hydrogen-bond donors (Lipinski definition) is 0. The molecule has 0 atom stereocenters. The van der Waals surface area contributed by atoms with Crippen LogP contribution >= 0.6 is 11.6 Å². The predicted octanol–water partition coefficient (Wildman–Crippen LogP) is 3.39. The van der Waals surface area contributed by atoms with Gasteiger partial charge < -0.3 is 0 Å². The van der Waals surface area contributed by atoms with Gasteiger partial charge in [0.05, 0.1) is 11.3 Å². The molecule has 0 bridgehead atoms. The van der Waals surface area contributed by atoms with E-state index in [4.69, 9.17) is 11.6 Å². The summed E-state index contributed by atoms with van der Waals surface area (Å²) in [6.45, 7) is 8.44. The minimum absolute atomic E-state index is 0.0609. The predicted molar refractivity (Wildman–Crippen MR) is 77.3 cm³/mol. The lowest BCUT2D eigenvalue weighted by molar-refractivity contribution is 0.554. The standard InChI is InChI=1S/C14H19ClN4/c1-6-9-7-11(15)17-13(16-9)10-8-19(5)18-12(10)14(2,3)4/h7-8H,6H2,1-5H3. The molecular weight excluding hydrogens is 260 g/mol. The fourth-order valence-corrected chi connectivity index (χ4v) is 2.18. The summed E-state index contributed by atoms with van der Waals surface area (Å²) in [5, 5.41) is 5.01. The average molecular weight is 279 g/mol. The first-order valence-electron chi connectivity index (χ1n) is 6.39. The third kappa shape index (κ3) is 2.95. The van der Waals surface area contributed by atoms with Gasteiger partial charge in [-0.3, -0.25) is 4.68 Å². The average Bonchev–Trinajstić information content (AvgIpc) is 2.70. The van der Waals surface area contributed by atoms with Gasteiger partial charge in [-0.25, -0.2) is 9.97 Å². The van der Waals surface area contributed by atoms with E-state index >= 15 is 0 Å². The largest absolute Gasteiger partial charge is 0.275 e. The van der Waals surface area contributed by atoms with Crippen LogP contribution in [-0.2, 0) is 18.9 Å². The van der Waals surface area contributed by atoms with Gasteiger partial charge in [0.2, 0.25) is 0 Å². The van der Waals surface area contributed by atoms with E-state index in [1.807, 2.05) is 13.2 Å². The van der Waals surface area contributed by atoms with Crippen molar-refractivity contribution in [1.29, 1.82) is 0 Å². The van der Waals surface area contributed by atoms with Crippen LogP contribution in [0, 0.1) is 0 Å². The molecule has 102 valence electrons. The van der Waals surface area contributed by atoms with Crippen molar-refractivity contribution in [2.75, 3.05) is 0 Å². The van der Waals surface area contributed by atoms with Crippen LogP contribution in [0.15, 0.2) is 12.3 Å². The molecule has 2 heterocycles. The number of nitrogens with zero attached hydrogens (tertiary/aromatic N) is 4. The molecule has 0 N–H and O–H groups in total. The van der Waals surface area contributed by atoms with Crippen molar-refractivity contribution in [3.8, 4) is 11.4 Å². The van der Waals surface area contributed by atoms with E-state index in [-0.39, 0.29) is 5.41 Å². The van der Waals surface area contributed by atoms with E-state index in [0.717, 1.165) is 23.4 Å². The lowest BCUT2D eigenvalue weighted by Crippen LogP contribution is -2.14. The maximum Gasteiger partial charge on any atom is 0.164 e. The van der Waals surface area contributed by atoms with E-state index in [9.17, 15) is 0 Å². The molecule has 0 amide bonds. The smallest absolute Gasteiger partial charge is 0.164 e. The van der Waals surface area contributed by atoms with Gasteiger partial charge >= 0.3 is 0 Å². The quantitative estimate of drug-likeness (QED) is 0.791. The lowest BCUT2D eigenvalue weighted by Gasteiger charge is -2.17. The van der Waals surface area contributed by atoms with Gasteiger partial charge in [0.1, 0.15) is 5.15 Å². The fourth-order valence-electron chi connectivity index (χ4n) is 1.97. The summed E-state index contributed by atoms with van der Waals surface area (Å²) in [6.07, 6.45) is 2.78. The molecule has 2 aromatic heterocycles. The topological polar surface area (TPSA) is 43.6 Å². The summed E-state index contributed by atoms with van der Waals surface area (Å²) < 4.78 is 1.80. The van der Waals surface area contributed by atoms with Crippen LogP contribution in [0.2, 0.25) is 5.15 Å². The van der Waals surface area contributed by atoms with Crippen LogP contribution in [0.1, 0.15) is 39.1 Å². The molecule has 0 aliphatic heterocycles. The Bertz CT molecular complexity index is 596. The second-order valence-electron chi connectivity index (χ2n) is 5.67. The van der Waals surface area contributed by atoms with E-state index < -0.39 is 0 Å². The van der Waals surface area contributed by atoms with Gasteiger partial charge in [-0.05, 0) is 12.5 Å². The van der Waals surface area contributed by atoms with Crippen molar-refractivity contribution in [3.05, 3.63) is 28.8 Å². The SMILES string of the molecule is CCc1cc(Cl)nc(-c2cn(C)nc2C(C)(C)C)n1. The summed E-state index contributed by atoms with van der Waals surface area (Å²) in [5.41, 5.74) is 2.82. The zero-order valence-electron chi connectivity index (χ0n) is 12.0. The first-order chi connectivity index (χ1) is 8.81. The molecule has 2 rings (SSSR count). The minimum atomic E-state index is -0.0609. The molecular formula is C14H19ClN4. The molecule has 0 saturated carbocycles. The van der Waals surface area contributed by atoms with E-state index in [1.54, 1.807) is 10.7 Å². The molecule has 0 aliphatic carbocycles. The van der Waals surface area contributed by atoms with Crippen LogP contribution in [-0.4, -0.2) is 19.7 Å². The Morgan fingerprint density at radius 3 is 2.53 bits per heavy atom. The normalized spacial score (nSPS) is 11.9. The van der Waals surface area contributed by atoms with Gasteiger partial charge in [-0.1, -0.05) is 39.3 Å². The Balaban J connectivity index is 2.62. The molecule has 5 heteroatoms. The molecule has 2 aromatic rings. The highest BCUT2D eigenvalue weighted by atomic mass is 35.5. The van der Waals surface area contributed by atoms with Gasteiger partial charge in [-0.2, -0.15) is 5.10 Å². The zero-order valence-corrected chi connectivity index (χ0v) is 12.8. The number of rotatable bonds is 2. The highest BCUT2D eigenvalue weighted by Crippen LogP contribution is 2.30. The maximum absolute atomic E-state index is 6.07. The number of halogens is 1. The Hall–Kier alpha value is -1.42. The van der Waals surface area contributed by atoms with Crippen LogP contribution in [0.25, 0.3) is 11.4 Å². The Kier molecular flexibility index (Phi) is 3.63. The third-order valence-corrected chi connectivity index (χ3v) is 3.08. The van der Waals surface area contributed by atoms with E-state index in [1.165, 1.54) is 0 Å². The second kappa shape index (κ2) is 4.93. The van der Waals surface area contributed by atoms with Crippen molar-refractivity contribution in [3.63, 3.8) is 0 Å². The monoisotopic (exact) mass is 278 g/mol. The number of aryl methyl sites for hydroxylation is 2. The van der Waals surface area contributed by atoms with Crippen molar-refractivity contribution >= 4 is 11.6 Å². The van der Waals surface area contributed by atoms with Gasteiger partial charge in [0.15, 0.2) is 5.82 Å². The summed E-state index contributed by atoms with van der Waals surface area (Å²) >= 11 is 6.07. The molecule has 0 fully saturated rings. The maximum atomic E-state index is 6.07. The fraction of sp³-hybridized carbons (Fsp3) is 0.500. The number of hydrogen-bond acceptors (Lipinski definition) is 3. The summed E-state index contributed by atoms with van der Waals surface area (Å²) in [5.74, 6) is 0.655. The Morgan fingerprint density at radius 1 is 1.26 bits per heavy atom. The summed E-state index contributed by atoms with van der Waals surface area (Å²) in [7, 11) is 1.91. The van der Waals surface area contributed by atoms with Crippen molar-refractivity contribution in [1.82, 2.24) is 19.7 Å². The molecule has 0 spiro atoms. The molecule has 0 unspecified atom stereocenters. The molecule has 19 heavy (non-hydrogen) atoms. The van der Waals surface area contributed by atoms with Crippen LogP contribution in [0.4, 0.5) is 0 Å². The van der Waals surface area contributed by atoms with Crippen LogP contribution in [0.3, 0.4) is 0 Å². The summed E-state index contributed by atoms with van der Waals surface area (Å²) in [4.78, 5) is 8.90. The van der Waals surface area contributed by atoms with E-state index in [2.05, 4.69) is 42.8 Å². The first-order valence-corrected chi connectivity index (χ1v) is 6.77. The zero-order chi connectivity index (χ0) is 14.2.